The topological polar surface area (TPSA) is 278 Å². The Bertz CT molecular complexity index is 3370. The van der Waals surface area contributed by atoms with Gasteiger partial charge in [-0.15, -0.1) is 0 Å². The predicted octanol–water partition coefficient (Wildman–Crippen LogP) is 9.31. The lowest BCUT2D eigenvalue weighted by Crippen LogP contribution is -2.47. The molecule has 2 aliphatic heterocycles. The van der Waals surface area contributed by atoms with Gasteiger partial charge in [-0.25, -0.2) is 26.8 Å². The summed E-state index contributed by atoms with van der Waals surface area (Å²) < 4.78 is 87.7. The summed E-state index contributed by atoms with van der Waals surface area (Å²) in [4.78, 5) is 22.8. The van der Waals surface area contributed by atoms with Gasteiger partial charge in [0, 0.05) is 69.5 Å². The lowest BCUT2D eigenvalue weighted by Gasteiger charge is -2.33. The van der Waals surface area contributed by atoms with Gasteiger partial charge in [-0.1, -0.05) is 74.6 Å². The molecule has 24 heteroatoms. The molecule has 0 bridgehead atoms. The van der Waals surface area contributed by atoms with E-state index < -0.39 is 50.2 Å². The van der Waals surface area contributed by atoms with Gasteiger partial charge in [0.05, 0.1) is 82.4 Å². The second-order valence-corrected chi connectivity index (χ2v) is 28.7. The Morgan fingerprint density at radius 3 is 1.62 bits per heavy atom. The molecule has 20 nitrogen and oxygen atoms in total. The van der Waals surface area contributed by atoms with Crippen LogP contribution in [0.4, 0.5) is 10.3 Å². The number of nitrogens with two attached hydrogens (primary N) is 1. The van der Waals surface area contributed by atoms with Crippen molar-refractivity contribution in [2.45, 2.75) is 147 Å². The first-order chi connectivity index (χ1) is 40.3. The van der Waals surface area contributed by atoms with E-state index in [1.165, 1.54) is 38.2 Å². The summed E-state index contributed by atoms with van der Waals surface area (Å²) in [6.07, 6.45) is -0.913. The largest absolute Gasteiger partial charge is 0.497 e. The van der Waals surface area contributed by atoms with Crippen LogP contribution >= 0.6 is 22.7 Å². The van der Waals surface area contributed by atoms with Gasteiger partial charge in [0.15, 0.2) is 16.6 Å². The van der Waals surface area contributed by atoms with Crippen molar-refractivity contribution < 1.29 is 55.5 Å². The molecule has 0 spiro atoms. The van der Waals surface area contributed by atoms with Crippen LogP contribution in [-0.2, 0) is 51.9 Å². The number of nitrogens with one attached hydrogen (secondary N) is 2. The summed E-state index contributed by atoms with van der Waals surface area (Å²) >= 11 is 2.82. The zero-order chi connectivity index (χ0) is 62.2. The molecule has 0 aliphatic carbocycles. The molecule has 7 atom stereocenters. The van der Waals surface area contributed by atoms with Crippen LogP contribution in [0.5, 0.6) is 11.5 Å². The van der Waals surface area contributed by atoms with Crippen molar-refractivity contribution in [3.05, 3.63) is 96.1 Å². The number of ether oxygens (including phenoxy) is 5. The van der Waals surface area contributed by atoms with Crippen LogP contribution in [-0.4, -0.2) is 148 Å². The summed E-state index contributed by atoms with van der Waals surface area (Å²) in [5.41, 5.74) is 9.52. The minimum atomic E-state index is -4.01. The monoisotopic (exact) mass is 1250 g/mol. The third-order valence-electron chi connectivity index (χ3n) is 14.0. The van der Waals surface area contributed by atoms with Gasteiger partial charge in [-0.05, 0) is 131 Å². The maximum atomic E-state index is 14.1. The second kappa shape index (κ2) is 31.9. The van der Waals surface area contributed by atoms with E-state index in [9.17, 15) is 31.8 Å². The number of hydrogen-bond donors (Lipinski definition) is 5. The highest BCUT2D eigenvalue weighted by Crippen LogP contribution is 2.35. The number of aliphatic hydroxyl groups is 2. The maximum Gasteiger partial charge on any atom is 0.306 e. The number of benzene rings is 4. The number of esters is 1. The van der Waals surface area contributed by atoms with E-state index in [1.807, 2.05) is 104 Å². The molecule has 0 unspecified atom stereocenters. The molecule has 6 aromatic rings. The molecule has 0 saturated carbocycles. The molecule has 466 valence electrons. The summed E-state index contributed by atoms with van der Waals surface area (Å²) in [5.74, 6) is 0.343. The normalized spacial score (nSPS) is 17.7. The van der Waals surface area contributed by atoms with Crippen LogP contribution in [0.15, 0.2) is 94.7 Å². The Kier molecular flexibility index (Phi) is 25.7. The first kappa shape index (κ1) is 68.6. The summed E-state index contributed by atoms with van der Waals surface area (Å²) in [7, 11) is -4.69. The molecule has 85 heavy (non-hydrogen) atoms. The highest BCUT2D eigenvalue weighted by atomic mass is 32.2. The van der Waals surface area contributed by atoms with Crippen LogP contribution in [0.25, 0.3) is 20.4 Å². The number of nitriles is 1. The van der Waals surface area contributed by atoms with E-state index in [2.05, 4.69) is 20.6 Å². The number of sulfonamides is 2. The Morgan fingerprint density at radius 2 is 1.16 bits per heavy atom. The molecule has 8 rings (SSSR count). The fraction of sp³-hybridized carbons (Fsp3) is 0.541. The van der Waals surface area contributed by atoms with Gasteiger partial charge in [0.1, 0.15) is 17.6 Å². The summed E-state index contributed by atoms with van der Waals surface area (Å²) in [5, 5.41) is 38.0. The Hall–Kier alpha value is -5.56. The number of aromatic nitrogens is 2. The fourth-order valence-electron chi connectivity index (χ4n) is 9.96. The second-order valence-electron chi connectivity index (χ2n) is 22.8. The van der Waals surface area contributed by atoms with Crippen LogP contribution in [0.1, 0.15) is 92.7 Å². The number of rotatable bonds is 27. The molecule has 2 aromatic heterocycles. The number of carbonyl (C=O) groups excluding carboxylic acids is 1. The average Bonchev–Trinajstić information content (AvgIpc) is 3.29. The van der Waals surface area contributed by atoms with Crippen LogP contribution in [0.2, 0.25) is 0 Å². The van der Waals surface area contributed by atoms with Gasteiger partial charge < -0.3 is 50.3 Å². The smallest absolute Gasteiger partial charge is 0.306 e. The first-order valence-corrected chi connectivity index (χ1v) is 33.3. The van der Waals surface area contributed by atoms with E-state index in [-0.39, 0.29) is 84.6 Å². The highest BCUT2D eigenvalue weighted by Gasteiger charge is 2.42. The van der Waals surface area contributed by atoms with Gasteiger partial charge in [0.25, 0.3) is 0 Å². The number of methoxy groups -OCH3 is 2. The minimum Gasteiger partial charge on any atom is -0.497 e. The number of aliphatic hydroxyl groups excluding tert-OH is 2. The van der Waals surface area contributed by atoms with Crippen molar-refractivity contribution >= 4 is 79.4 Å². The molecule has 0 amide bonds. The number of anilines is 2. The van der Waals surface area contributed by atoms with Crippen LogP contribution in [0.3, 0.4) is 0 Å². The average molecular weight is 1250 g/mol. The SMILES string of the molecule is CC#N.COc1cccc(C[C@H](CC(=O)O[C@H]2CCO[C@H]3OCC[C@H]32)[C@H](O)CN(CC(C)C)S(=O)(=O)c2ccc3nc(NC(C)C)sc3c2)c1.COc1cccc(C[C@H](N)[C@H](O)CN(CC(C)C)S(=O)(=O)c2ccc3nc(NC(C)C)sc3c2)c1. The Morgan fingerprint density at radius 1 is 0.706 bits per heavy atom. The number of thiazole rings is 2. The van der Waals surface area contributed by atoms with Crippen molar-refractivity contribution in [2.75, 3.05) is 64.2 Å². The predicted molar refractivity (Wildman–Crippen MR) is 335 cm³/mol. The lowest BCUT2D eigenvalue weighted by atomic mass is 9.90. The van der Waals surface area contributed by atoms with E-state index >= 15 is 0 Å². The third-order valence-corrected chi connectivity index (χ3v) is 19.5. The standard InChI is InChI=1S/C34H47N3O8S2.C25H36N4O4S2.C2H3N/c1-21(2)19-37(47(40,41)26-9-10-28-31(18-26)46-34(36-28)35-22(3)4)20-29(38)24(15-23-7-6-8-25(16-23)42-5)17-32(39)45-30-12-14-44-33-27(30)11-13-43-33;1-16(2)14-29(15-23(30)21(26)12-18-7-6-8-19(11-18)33-5)35(31,32)20-9-10-22-24(13-20)34-25(28-22)27-17(3)4;1-2-3/h6-10,16,18,21-22,24,27,29-30,33,38H,11-15,17,19-20H2,1-5H3,(H,35,36);6-11,13,16-17,21,23,30H,12,14-15,26H2,1-5H3,(H,27,28);1H3/t24-,27+,29-,30+,33-;21-,23+;/m10./s1. The number of nitrogens with zero attached hydrogens (tertiary/aromatic N) is 5. The molecule has 4 heterocycles. The van der Waals surface area contributed by atoms with Crippen molar-refractivity contribution in [1.82, 2.24) is 18.6 Å². The molecule has 4 aromatic carbocycles. The third kappa shape index (κ3) is 19.7. The highest BCUT2D eigenvalue weighted by molar-refractivity contribution is 7.89. The lowest BCUT2D eigenvalue weighted by molar-refractivity contribution is -0.195. The van der Waals surface area contributed by atoms with Gasteiger partial charge in [-0.3, -0.25) is 4.79 Å². The van der Waals surface area contributed by atoms with E-state index in [4.69, 9.17) is 34.7 Å². The van der Waals surface area contributed by atoms with Crippen LogP contribution in [0, 0.1) is 35.0 Å². The van der Waals surface area contributed by atoms with Crippen molar-refractivity contribution in [3.63, 3.8) is 0 Å². The first-order valence-electron chi connectivity index (χ1n) is 28.8. The maximum absolute atomic E-state index is 14.1. The molecular weight excluding hydrogens is 1160 g/mol. The van der Waals surface area contributed by atoms with Crippen molar-refractivity contribution in [2.24, 2.45) is 29.4 Å². The number of carbonyl (C=O) groups is 1. The molecular formula is C61H86N8O12S4. The quantitative estimate of drug-likeness (QED) is 0.0300. The minimum absolute atomic E-state index is 0.0112. The molecule has 2 fully saturated rings. The zero-order valence-electron chi connectivity index (χ0n) is 50.6. The summed E-state index contributed by atoms with van der Waals surface area (Å²) in [6, 6.07) is 26.3. The van der Waals surface area contributed by atoms with Crippen molar-refractivity contribution in [3.8, 4) is 17.6 Å². The zero-order valence-corrected chi connectivity index (χ0v) is 53.9. The molecule has 2 saturated heterocycles. The van der Waals surface area contributed by atoms with Crippen molar-refractivity contribution in [1.29, 1.82) is 5.26 Å². The van der Waals surface area contributed by atoms with Gasteiger partial charge >= 0.3 is 5.97 Å². The Labute approximate surface area is 510 Å². The number of hydrogen-bond acceptors (Lipinski definition) is 20. The fourth-order valence-corrected chi connectivity index (χ4v) is 15.5. The molecule has 0 radical (unpaired) electrons. The Balaban J connectivity index is 0.000000271. The molecule has 2 aliphatic rings. The van der Waals surface area contributed by atoms with E-state index in [0.29, 0.717) is 49.5 Å². The van der Waals surface area contributed by atoms with Gasteiger partial charge in [0.2, 0.25) is 20.0 Å². The number of fused-ring (bicyclic) bond motifs is 3. The molecule has 6 N–H and O–H groups in total. The summed E-state index contributed by atoms with van der Waals surface area (Å²) in [6.45, 7) is 18.5. The van der Waals surface area contributed by atoms with E-state index in [1.54, 1.807) is 56.7 Å². The van der Waals surface area contributed by atoms with E-state index in [0.717, 1.165) is 42.7 Å². The van der Waals surface area contributed by atoms with Gasteiger partial charge in [-0.2, -0.15) is 13.9 Å². The van der Waals surface area contributed by atoms with Crippen LogP contribution < -0.4 is 25.8 Å².